The van der Waals surface area contributed by atoms with Gasteiger partial charge >= 0.3 is 0 Å². The Bertz CT molecular complexity index is 3730. The van der Waals surface area contributed by atoms with Crippen LogP contribution in [0.25, 0.3) is 101 Å². The van der Waals surface area contributed by atoms with Crippen molar-refractivity contribution >= 4 is 21.9 Å². The summed E-state index contributed by atoms with van der Waals surface area (Å²) in [7, 11) is 0. The molecule has 2 aromatic heterocycles. The maximum Gasteiger partial charge on any atom is 0.164 e. The number of hydrogen-bond donors (Lipinski definition) is 0. The fourth-order valence-corrected chi connectivity index (χ4v) is 11.2. The van der Waals surface area contributed by atoms with E-state index in [1.54, 1.807) is 0 Å². The summed E-state index contributed by atoms with van der Waals surface area (Å²) in [6.07, 6.45) is 0.891. The number of fused-ring (bicyclic) bond motifs is 19. The van der Waals surface area contributed by atoms with Crippen molar-refractivity contribution in [2.45, 2.75) is 11.8 Å². The molecule has 3 aliphatic carbocycles. The van der Waals surface area contributed by atoms with Gasteiger partial charge in [0.1, 0.15) is 11.2 Å². The van der Waals surface area contributed by atoms with E-state index in [-0.39, 0.29) is 0 Å². The predicted molar refractivity (Wildman–Crippen MR) is 253 cm³/mol. The molecule has 0 aliphatic heterocycles. The second-order valence-electron chi connectivity index (χ2n) is 17.0. The van der Waals surface area contributed by atoms with E-state index < -0.39 is 5.41 Å². The standard InChI is InChI=1S/C59H35N3O/c1-2-15-35(16-3-1)56-60-57(62-58(61-56)47-25-14-18-37-33-36-17-4-5-19-39(36)53(37)47)38-29-30-43-41-21-7-6-20-40(41)42-22-8-11-26-48(42)59(51(43)34-38)49-27-12-9-24-46(49)54-50(59)32-31-45-44-23-10-13-28-52(44)63-55(45)54/h1-32,34H,33H2. The smallest absolute Gasteiger partial charge is 0.164 e. The lowest BCUT2D eigenvalue weighted by molar-refractivity contribution is 0.669. The molecule has 0 saturated heterocycles. The van der Waals surface area contributed by atoms with E-state index in [1.807, 2.05) is 18.2 Å². The monoisotopic (exact) mass is 801 g/mol. The van der Waals surface area contributed by atoms with Crippen molar-refractivity contribution in [1.82, 2.24) is 15.0 Å². The topological polar surface area (TPSA) is 51.8 Å². The first kappa shape index (κ1) is 34.5. The molecule has 0 fully saturated rings. The molecule has 3 aliphatic rings. The first-order valence-electron chi connectivity index (χ1n) is 21.6. The molecule has 4 heteroatoms. The van der Waals surface area contributed by atoms with Crippen LogP contribution in [0.15, 0.2) is 205 Å². The summed E-state index contributed by atoms with van der Waals surface area (Å²) in [6.45, 7) is 0. The van der Waals surface area contributed by atoms with Crippen molar-refractivity contribution in [3.63, 3.8) is 0 Å². The summed E-state index contributed by atoms with van der Waals surface area (Å²) in [5, 5.41) is 2.24. The van der Waals surface area contributed by atoms with Crippen LogP contribution in [0.5, 0.6) is 0 Å². The minimum Gasteiger partial charge on any atom is -0.455 e. The normalized spacial score (nSPS) is 15.0. The Labute approximate surface area is 363 Å². The molecule has 0 saturated carbocycles. The average molecular weight is 802 g/mol. The van der Waals surface area contributed by atoms with Gasteiger partial charge in [-0.15, -0.1) is 0 Å². The van der Waals surface area contributed by atoms with Crippen molar-refractivity contribution in [3.8, 4) is 78.7 Å². The number of benzene rings is 9. The van der Waals surface area contributed by atoms with Crippen LogP contribution in [0.3, 0.4) is 0 Å². The van der Waals surface area contributed by atoms with Crippen LogP contribution >= 0.6 is 0 Å². The molecule has 63 heavy (non-hydrogen) atoms. The van der Waals surface area contributed by atoms with Crippen molar-refractivity contribution in [2.75, 3.05) is 0 Å². The van der Waals surface area contributed by atoms with E-state index >= 15 is 0 Å². The summed E-state index contributed by atoms with van der Waals surface area (Å²) in [5.74, 6) is 1.94. The largest absolute Gasteiger partial charge is 0.455 e. The van der Waals surface area contributed by atoms with Crippen LogP contribution in [0, 0.1) is 0 Å². The van der Waals surface area contributed by atoms with Gasteiger partial charge in [-0.1, -0.05) is 188 Å². The number of nitrogens with zero attached hydrogens (tertiary/aromatic N) is 3. The van der Waals surface area contributed by atoms with E-state index in [2.05, 4.69) is 182 Å². The van der Waals surface area contributed by atoms with E-state index in [4.69, 9.17) is 19.4 Å². The van der Waals surface area contributed by atoms with Gasteiger partial charge in [-0.25, -0.2) is 15.0 Å². The number of aromatic nitrogens is 3. The van der Waals surface area contributed by atoms with Crippen LogP contribution in [0.1, 0.15) is 33.4 Å². The average Bonchev–Trinajstić information content (AvgIpc) is 4.00. The quantitative estimate of drug-likeness (QED) is 0.179. The molecule has 1 atom stereocenters. The third-order valence-electron chi connectivity index (χ3n) is 13.8. The van der Waals surface area contributed by atoms with Gasteiger partial charge in [0.2, 0.25) is 0 Å². The Morgan fingerprint density at radius 2 is 0.952 bits per heavy atom. The highest BCUT2D eigenvalue weighted by Gasteiger charge is 2.51. The molecule has 292 valence electrons. The zero-order chi connectivity index (χ0) is 41.2. The Balaban J connectivity index is 1.09. The zero-order valence-corrected chi connectivity index (χ0v) is 34.0. The van der Waals surface area contributed by atoms with E-state index in [1.165, 1.54) is 72.3 Å². The lowest BCUT2D eigenvalue weighted by Crippen LogP contribution is -2.29. The summed E-state index contributed by atoms with van der Waals surface area (Å²) in [6, 6.07) is 72.3. The Morgan fingerprint density at radius 3 is 1.78 bits per heavy atom. The van der Waals surface area contributed by atoms with E-state index in [9.17, 15) is 0 Å². The van der Waals surface area contributed by atoms with Crippen LogP contribution in [-0.4, -0.2) is 15.0 Å². The number of hydrogen-bond acceptors (Lipinski definition) is 4. The highest BCUT2D eigenvalue weighted by atomic mass is 16.3. The summed E-state index contributed by atoms with van der Waals surface area (Å²) in [4.78, 5) is 16.0. The Kier molecular flexibility index (Phi) is 7.06. The molecule has 0 N–H and O–H groups in total. The number of furan rings is 1. The van der Waals surface area contributed by atoms with Crippen molar-refractivity contribution in [3.05, 3.63) is 234 Å². The Morgan fingerprint density at radius 1 is 0.349 bits per heavy atom. The molecule has 0 bridgehead atoms. The predicted octanol–water partition coefficient (Wildman–Crippen LogP) is 14.4. The molecule has 9 aromatic carbocycles. The maximum atomic E-state index is 6.89. The van der Waals surface area contributed by atoms with Crippen molar-refractivity contribution < 1.29 is 4.42 Å². The molecule has 11 aromatic rings. The van der Waals surface area contributed by atoms with Gasteiger partial charge in [-0.05, 0) is 90.9 Å². The van der Waals surface area contributed by atoms with Gasteiger partial charge in [0.25, 0.3) is 0 Å². The van der Waals surface area contributed by atoms with Crippen LogP contribution < -0.4 is 0 Å². The second kappa shape index (κ2) is 12.9. The molecule has 4 nitrogen and oxygen atoms in total. The SMILES string of the molecule is c1ccc(-c2nc(-c3ccc4c(c3)C3(c5ccccc5-c5ccccc5-4)c4ccccc4-c4c3ccc3c4oc4ccccc43)nc(-c3cccc4c3-c3ccccc3C4)n2)cc1. The van der Waals surface area contributed by atoms with Gasteiger partial charge in [-0.3, -0.25) is 0 Å². The first-order chi connectivity index (χ1) is 31.2. The third kappa shape index (κ3) is 4.72. The van der Waals surface area contributed by atoms with Gasteiger partial charge in [0, 0.05) is 33.0 Å². The van der Waals surface area contributed by atoms with Gasteiger partial charge in [-0.2, -0.15) is 0 Å². The lowest BCUT2D eigenvalue weighted by Gasteiger charge is -2.35. The molecular formula is C59H35N3O. The molecule has 1 unspecified atom stereocenters. The first-order valence-corrected chi connectivity index (χ1v) is 21.6. The second-order valence-corrected chi connectivity index (χ2v) is 17.0. The molecule has 0 radical (unpaired) electrons. The Hall–Kier alpha value is -8.21. The summed E-state index contributed by atoms with van der Waals surface area (Å²) < 4.78 is 6.89. The number of rotatable bonds is 3. The van der Waals surface area contributed by atoms with Gasteiger partial charge in [0.15, 0.2) is 17.5 Å². The number of para-hydroxylation sites is 1. The summed E-state index contributed by atoms with van der Waals surface area (Å²) >= 11 is 0. The molecule has 1 spiro atoms. The zero-order valence-electron chi connectivity index (χ0n) is 34.0. The molecule has 2 heterocycles. The fourth-order valence-electron chi connectivity index (χ4n) is 11.2. The van der Waals surface area contributed by atoms with Crippen molar-refractivity contribution in [1.29, 1.82) is 0 Å². The highest BCUT2D eigenvalue weighted by molar-refractivity contribution is 6.13. The lowest BCUT2D eigenvalue weighted by atomic mass is 9.65. The third-order valence-corrected chi connectivity index (χ3v) is 13.8. The van der Waals surface area contributed by atoms with Crippen LogP contribution in [0.4, 0.5) is 0 Å². The van der Waals surface area contributed by atoms with Gasteiger partial charge < -0.3 is 4.42 Å². The minimum absolute atomic E-state index is 0.630. The van der Waals surface area contributed by atoms with Crippen molar-refractivity contribution in [2.24, 2.45) is 0 Å². The minimum atomic E-state index is -0.720. The molecular weight excluding hydrogens is 767 g/mol. The highest BCUT2D eigenvalue weighted by Crippen LogP contribution is 2.63. The van der Waals surface area contributed by atoms with Crippen LogP contribution in [0.2, 0.25) is 0 Å². The van der Waals surface area contributed by atoms with Crippen LogP contribution in [-0.2, 0) is 11.8 Å². The van der Waals surface area contributed by atoms with E-state index in [0.29, 0.717) is 17.5 Å². The summed E-state index contributed by atoms with van der Waals surface area (Å²) in [5.41, 5.74) is 21.0. The molecule has 0 amide bonds. The molecule has 14 rings (SSSR count). The maximum absolute atomic E-state index is 6.89. The van der Waals surface area contributed by atoms with E-state index in [0.717, 1.165) is 50.6 Å². The van der Waals surface area contributed by atoms with Gasteiger partial charge in [0.05, 0.1) is 5.41 Å². The fraction of sp³-hybridized carbons (Fsp3) is 0.0339.